The first-order chi connectivity index (χ1) is 8.64. The van der Waals surface area contributed by atoms with Crippen molar-refractivity contribution in [3.05, 3.63) is 41.0 Å². The van der Waals surface area contributed by atoms with Crippen LogP contribution in [0.25, 0.3) is 0 Å². The molecule has 0 bridgehead atoms. The van der Waals surface area contributed by atoms with Gasteiger partial charge in [-0.3, -0.25) is 4.79 Å². The second-order valence-electron chi connectivity index (χ2n) is 3.42. The molecule has 1 aromatic carbocycles. The molecule has 0 saturated heterocycles. The number of halogens is 6. The number of carbonyl (C=O) groups is 1. The molecule has 1 rings (SSSR count). The van der Waals surface area contributed by atoms with Crippen LogP contribution in [0.4, 0.5) is 27.6 Å². The number of alkyl halides is 5. The lowest BCUT2D eigenvalue weighted by Gasteiger charge is -2.16. The van der Waals surface area contributed by atoms with Crippen molar-refractivity contribution in [2.24, 2.45) is 0 Å². The monoisotopic (exact) mass is 343 g/mol. The number of hydrogen-bond acceptors (Lipinski definition) is 2. The number of ketones is 1. The molecule has 19 heavy (non-hydrogen) atoms. The Morgan fingerprint density at radius 3 is 2.11 bits per heavy atom. The van der Waals surface area contributed by atoms with Crippen LogP contribution in [0.15, 0.2) is 41.0 Å². The van der Waals surface area contributed by atoms with Crippen LogP contribution >= 0.6 is 15.9 Å². The van der Waals surface area contributed by atoms with E-state index in [0.29, 0.717) is 5.69 Å². The van der Waals surface area contributed by atoms with E-state index in [1.807, 2.05) is 0 Å². The van der Waals surface area contributed by atoms with Crippen molar-refractivity contribution in [1.29, 1.82) is 0 Å². The lowest BCUT2D eigenvalue weighted by molar-refractivity contribution is -0.266. The molecule has 0 aromatic heterocycles. The van der Waals surface area contributed by atoms with E-state index in [1.54, 1.807) is 24.3 Å². The Balaban J connectivity index is 2.67. The molecule has 0 aliphatic carbocycles. The maximum Gasteiger partial charge on any atom is 0.461 e. The molecule has 0 fully saturated rings. The summed E-state index contributed by atoms with van der Waals surface area (Å²) in [5, 5.41) is 2.40. The number of nitrogens with one attached hydrogen (secondary N) is 1. The Labute approximate surface area is 113 Å². The molecule has 2 nitrogen and oxygen atoms in total. The van der Waals surface area contributed by atoms with Crippen LogP contribution in [0.5, 0.6) is 0 Å². The summed E-state index contributed by atoms with van der Waals surface area (Å²) in [6.45, 7) is 0. The molecule has 8 heteroatoms. The molecule has 0 heterocycles. The van der Waals surface area contributed by atoms with E-state index >= 15 is 0 Å². The van der Waals surface area contributed by atoms with E-state index in [-0.39, 0.29) is 6.08 Å². The zero-order valence-corrected chi connectivity index (χ0v) is 10.7. The Bertz CT molecular complexity index is 481. The van der Waals surface area contributed by atoms with Gasteiger partial charge in [-0.05, 0) is 24.3 Å². The van der Waals surface area contributed by atoms with Gasteiger partial charge in [0.15, 0.2) is 0 Å². The van der Waals surface area contributed by atoms with E-state index in [1.165, 1.54) is 0 Å². The smallest absolute Gasteiger partial charge is 0.362 e. The van der Waals surface area contributed by atoms with Gasteiger partial charge in [0.2, 0.25) is 5.78 Å². The van der Waals surface area contributed by atoms with Gasteiger partial charge in [0.1, 0.15) is 0 Å². The summed E-state index contributed by atoms with van der Waals surface area (Å²) in [6.07, 6.45) is -5.02. The van der Waals surface area contributed by atoms with Gasteiger partial charge in [-0.15, -0.1) is 0 Å². The minimum absolute atomic E-state index is 0.148. The zero-order valence-electron chi connectivity index (χ0n) is 9.14. The van der Waals surface area contributed by atoms with Gasteiger partial charge in [0.05, 0.1) is 0 Å². The summed E-state index contributed by atoms with van der Waals surface area (Å²) in [5.41, 5.74) is 0.433. The van der Waals surface area contributed by atoms with Crippen LogP contribution in [-0.2, 0) is 4.79 Å². The van der Waals surface area contributed by atoms with Crippen LogP contribution in [0, 0.1) is 0 Å². The van der Waals surface area contributed by atoms with Gasteiger partial charge in [0, 0.05) is 22.4 Å². The lowest BCUT2D eigenvalue weighted by Crippen LogP contribution is -2.43. The fourth-order valence-corrected chi connectivity index (χ4v) is 1.27. The molecule has 0 aliphatic rings. The summed E-state index contributed by atoms with van der Waals surface area (Å²) in [6, 6.07) is 6.34. The molecule has 0 amide bonds. The number of benzene rings is 1. The summed E-state index contributed by atoms with van der Waals surface area (Å²) >= 11 is 3.16. The van der Waals surface area contributed by atoms with Crippen LogP contribution < -0.4 is 5.32 Å². The Kier molecular flexibility index (Phi) is 4.67. The van der Waals surface area contributed by atoms with Gasteiger partial charge >= 0.3 is 12.1 Å². The first-order valence-corrected chi connectivity index (χ1v) is 5.61. The van der Waals surface area contributed by atoms with Crippen LogP contribution in [0.2, 0.25) is 0 Å². The quantitative estimate of drug-likeness (QED) is 0.657. The van der Waals surface area contributed by atoms with Gasteiger partial charge in [-0.1, -0.05) is 15.9 Å². The van der Waals surface area contributed by atoms with Gasteiger partial charge in [0.25, 0.3) is 0 Å². The first kappa shape index (κ1) is 15.6. The molecule has 0 atom stereocenters. The van der Waals surface area contributed by atoms with E-state index < -0.39 is 17.9 Å². The fourth-order valence-electron chi connectivity index (χ4n) is 1.00. The standard InChI is InChI=1S/C11H7BrF5NO/c12-7-1-3-8(4-2-7)18-6-5-9(19)10(13,14)11(15,16)17/h1-6,18H/b6-5-. The molecule has 0 aliphatic heterocycles. The topological polar surface area (TPSA) is 29.1 Å². The average Bonchev–Trinajstić information content (AvgIpc) is 2.30. The van der Waals surface area contributed by atoms with Crippen molar-refractivity contribution < 1.29 is 26.7 Å². The highest BCUT2D eigenvalue weighted by Crippen LogP contribution is 2.36. The van der Waals surface area contributed by atoms with Crippen molar-refractivity contribution in [3.63, 3.8) is 0 Å². The Morgan fingerprint density at radius 1 is 1.11 bits per heavy atom. The normalized spacial score (nSPS) is 12.7. The highest BCUT2D eigenvalue weighted by molar-refractivity contribution is 9.10. The van der Waals surface area contributed by atoms with E-state index in [2.05, 4.69) is 21.2 Å². The van der Waals surface area contributed by atoms with Crippen molar-refractivity contribution >= 4 is 27.4 Å². The van der Waals surface area contributed by atoms with Crippen LogP contribution in [0.1, 0.15) is 0 Å². The molecular formula is C11H7BrF5NO. The zero-order chi connectivity index (χ0) is 14.7. The molecular weight excluding hydrogens is 337 g/mol. The van der Waals surface area contributed by atoms with Crippen LogP contribution in [-0.4, -0.2) is 17.9 Å². The molecule has 104 valence electrons. The minimum Gasteiger partial charge on any atom is -0.362 e. The minimum atomic E-state index is -5.90. The summed E-state index contributed by atoms with van der Waals surface area (Å²) in [4.78, 5) is 10.8. The van der Waals surface area contributed by atoms with E-state index in [0.717, 1.165) is 10.7 Å². The highest BCUT2D eigenvalue weighted by Gasteiger charge is 2.62. The molecule has 0 unspecified atom stereocenters. The summed E-state index contributed by atoms with van der Waals surface area (Å²) in [5.74, 6) is -7.71. The number of rotatable bonds is 4. The highest BCUT2D eigenvalue weighted by atomic mass is 79.9. The summed E-state index contributed by atoms with van der Waals surface area (Å²) < 4.78 is 61.4. The largest absolute Gasteiger partial charge is 0.461 e. The predicted molar refractivity (Wildman–Crippen MR) is 62.9 cm³/mol. The third-order valence-corrected chi connectivity index (χ3v) is 2.52. The third-order valence-electron chi connectivity index (χ3n) is 1.99. The average molecular weight is 344 g/mol. The van der Waals surface area contributed by atoms with Crippen molar-refractivity contribution in [1.82, 2.24) is 0 Å². The van der Waals surface area contributed by atoms with E-state index in [9.17, 15) is 26.7 Å². The molecule has 1 N–H and O–H groups in total. The Hall–Kier alpha value is -1.44. The van der Waals surface area contributed by atoms with Gasteiger partial charge in [-0.25, -0.2) is 0 Å². The Morgan fingerprint density at radius 2 is 1.63 bits per heavy atom. The molecule has 0 spiro atoms. The van der Waals surface area contributed by atoms with Crippen molar-refractivity contribution in [2.75, 3.05) is 5.32 Å². The number of anilines is 1. The summed E-state index contributed by atoms with van der Waals surface area (Å²) in [7, 11) is 0. The third kappa shape index (κ3) is 4.02. The maximum atomic E-state index is 12.5. The second kappa shape index (κ2) is 5.68. The number of hydrogen-bond donors (Lipinski definition) is 1. The van der Waals surface area contributed by atoms with Crippen molar-refractivity contribution in [3.8, 4) is 0 Å². The SMILES string of the molecule is O=C(/C=C\Nc1ccc(Br)cc1)C(F)(F)C(F)(F)F. The molecule has 0 saturated carbocycles. The maximum absolute atomic E-state index is 12.5. The van der Waals surface area contributed by atoms with E-state index in [4.69, 9.17) is 0 Å². The van der Waals surface area contributed by atoms with Gasteiger partial charge < -0.3 is 5.32 Å². The number of carbonyl (C=O) groups excluding carboxylic acids is 1. The fraction of sp³-hybridized carbons (Fsp3) is 0.182. The number of allylic oxidation sites excluding steroid dienone is 1. The molecule has 0 radical (unpaired) electrons. The predicted octanol–water partition coefficient (Wildman–Crippen LogP) is 4.14. The molecule has 1 aromatic rings. The second-order valence-corrected chi connectivity index (χ2v) is 4.34. The van der Waals surface area contributed by atoms with Crippen LogP contribution in [0.3, 0.4) is 0 Å². The lowest BCUT2D eigenvalue weighted by atomic mass is 10.2. The first-order valence-electron chi connectivity index (χ1n) is 4.82. The van der Waals surface area contributed by atoms with Gasteiger partial charge in [-0.2, -0.15) is 22.0 Å². The van der Waals surface area contributed by atoms with Crippen molar-refractivity contribution in [2.45, 2.75) is 12.1 Å².